The second-order valence-electron chi connectivity index (χ2n) is 7.70. The summed E-state index contributed by atoms with van der Waals surface area (Å²) in [7, 11) is 0. The zero-order valence-electron chi connectivity index (χ0n) is 14.9. The summed E-state index contributed by atoms with van der Waals surface area (Å²) >= 11 is 0. The average Bonchev–Trinajstić information content (AvgIpc) is 3.17. The molecular formula is C18H25N5O2. The quantitative estimate of drug-likeness (QED) is 0.885. The second-order valence-corrected chi connectivity index (χ2v) is 7.70. The third kappa shape index (κ3) is 2.48. The van der Waals surface area contributed by atoms with E-state index in [1.54, 1.807) is 0 Å². The molecule has 2 amide bonds. The van der Waals surface area contributed by atoms with Crippen molar-refractivity contribution in [3.8, 4) is 0 Å². The Labute approximate surface area is 147 Å². The van der Waals surface area contributed by atoms with Gasteiger partial charge in [0.15, 0.2) is 5.82 Å². The summed E-state index contributed by atoms with van der Waals surface area (Å²) in [6.45, 7) is 6.32. The van der Waals surface area contributed by atoms with Crippen LogP contribution in [0.5, 0.6) is 0 Å². The van der Waals surface area contributed by atoms with Crippen LogP contribution in [0.4, 0.5) is 5.82 Å². The van der Waals surface area contributed by atoms with E-state index in [4.69, 9.17) is 5.73 Å². The SMILES string of the molecule is Cc1nnc(N2CCN(C(=O)[C@@]34CCC[C@@H]3C4)CC2)c(C(N)=O)c1C. The van der Waals surface area contributed by atoms with E-state index in [0.717, 1.165) is 18.4 Å². The number of hydrogen-bond acceptors (Lipinski definition) is 5. The van der Waals surface area contributed by atoms with Crippen LogP contribution < -0.4 is 10.6 Å². The molecule has 1 aliphatic heterocycles. The van der Waals surface area contributed by atoms with E-state index in [9.17, 15) is 9.59 Å². The number of aryl methyl sites for hydroxylation is 1. The first-order chi connectivity index (χ1) is 11.9. The Kier molecular flexibility index (Phi) is 3.70. The van der Waals surface area contributed by atoms with Crippen molar-refractivity contribution >= 4 is 17.6 Å². The molecule has 0 aromatic carbocycles. The van der Waals surface area contributed by atoms with Gasteiger partial charge in [0.25, 0.3) is 5.91 Å². The van der Waals surface area contributed by atoms with Gasteiger partial charge in [0.05, 0.1) is 16.7 Å². The molecular weight excluding hydrogens is 318 g/mol. The zero-order valence-corrected chi connectivity index (χ0v) is 14.9. The molecule has 1 aromatic heterocycles. The first-order valence-electron chi connectivity index (χ1n) is 9.12. The van der Waals surface area contributed by atoms with Crippen molar-refractivity contribution in [2.45, 2.75) is 39.5 Å². The van der Waals surface area contributed by atoms with Crippen molar-refractivity contribution in [2.75, 3.05) is 31.1 Å². The highest BCUT2D eigenvalue weighted by Gasteiger charge is 2.63. The summed E-state index contributed by atoms with van der Waals surface area (Å²) < 4.78 is 0. The van der Waals surface area contributed by atoms with Crippen LogP contribution >= 0.6 is 0 Å². The van der Waals surface area contributed by atoms with Crippen molar-refractivity contribution in [3.05, 3.63) is 16.8 Å². The van der Waals surface area contributed by atoms with Crippen LogP contribution in [0.25, 0.3) is 0 Å². The van der Waals surface area contributed by atoms with Gasteiger partial charge in [0.2, 0.25) is 5.91 Å². The standard InChI is InChI=1S/C18H25N5O2/c1-11-12(2)20-21-16(14(11)15(19)24)22-6-8-23(9-7-22)17(25)18-5-3-4-13(18)10-18/h13H,3-10H2,1-2H3,(H2,19,24)/t13-,18-/m1/s1. The number of nitrogens with two attached hydrogens (primary N) is 1. The molecule has 0 bridgehead atoms. The van der Waals surface area contributed by atoms with Gasteiger partial charge in [-0.1, -0.05) is 6.42 Å². The van der Waals surface area contributed by atoms with E-state index in [0.29, 0.717) is 55.1 Å². The van der Waals surface area contributed by atoms with E-state index in [1.165, 1.54) is 12.8 Å². The number of carbonyl (C=O) groups excluding carboxylic acids is 2. The number of anilines is 1. The molecule has 7 heteroatoms. The minimum Gasteiger partial charge on any atom is -0.365 e. The number of primary amides is 1. The highest BCUT2D eigenvalue weighted by atomic mass is 16.2. The summed E-state index contributed by atoms with van der Waals surface area (Å²) in [6, 6.07) is 0. The van der Waals surface area contributed by atoms with Gasteiger partial charge in [-0.3, -0.25) is 9.59 Å². The van der Waals surface area contributed by atoms with Crippen LogP contribution in [0.15, 0.2) is 0 Å². The number of rotatable bonds is 3. The number of fused-ring (bicyclic) bond motifs is 1. The number of amides is 2. The van der Waals surface area contributed by atoms with Crippen molar-refractivity contribution in [1.82, 2.24) is 15.1 Å². The minimum absolute atomic E-state index is 0.0270. The predicted octanol–water partition coefficient (Wildman–Crippen LogP) is 1.03. The highest BCUT2D eigenvalue weighted by molar-refractivity contribution is 5.99. The van der Waals surface area contributed by atoms with Gasteiger partial charge in [-0.05, 0) is 44.6 Å². The molecule has 0 spiro atoms. The van der Waals surface area contributed by atoms with Gasteiger partial charge in [0.1, 0.15) is 0 Å². The summed E-state index contributed by atoms with van der Waals surface area (Å²) in [5.41, 5.74) is 7.49. The number of piperazine rings is 1. The Balaban J connectivity index is 1.48. The first kappa shape index (κ1) is 16.3. The lowest BCUT2D eigenvalue weighted by Crippen LogP contribution is -2.51. The Morgan fingerprint density at radius 2 is 1.88 bits per heavy atom. The van der Waals surface area contributed by atoms with E-state index in [2.05, 4.69) is 10.2 Å². The lowest BCUT2D eigenvalue weighted by atomic mass is 10.0. The maximum Gasteiger partial charge on any atom is 0.252 e. The predicted molar refractivity (Wildman–Crippen MR) is 93.2 cm³/mol. The maximum absolute atomic E-state index is 12.9. The second kappa shape index (κ2) is 5.68. The van der Waals surface area contributed by atoms with Crippen LogP contribution in [0.1, 0.15) is 47.3 Å². The van der Waals surface area contributed by atoms with E-state index in [-0.39, 0.29) is 5.41 Å². The number of carbonyl (C=O) groups is 2. The molecule has 2 aliphatic carbocycles. The first-order valence-corrected chi connectivity index (χ1v) is 9.12. The molecule has 0 radical (unpaired) electrons. The lowest BCUT2D eigenvalue weighted by molar-refractivity contribution is -0.137. The largest absolute Gasteiger partial charge is 0.365 e. The Morgan fingerprint density at radius 1 is 1.16 bits per heavy atom. The van der Waals surface area contributed by atoms with E-state index in [1.807, 2.05) is 23.6 Å². The molecule has 25 heavy (non-hydrogen) atoms. The van der Waals surface area contributed by atoms with Crippen LogP contribution in [0.2, 0.25) is 0 Å². The van der Waals surface area contributed by atoms with E-state index < -0.39 is 5.91 Å². The van der Waals surface area contributed by atoms with Gasteiger partial charge in [-0.2, -0.15) is 5.10 Å². The third-order valence-corrected chi connectivity index (χ3v) is 6.38. The monoisotopic (exact) mass is 343 g/mol. The van der Waals surface area contributed by atoms with Gasteiger partial charge in [0, 0.05) is 26.2 Å². The van der Waals surface area contributed by atoms with Gasteiger partial charge in [-0.25, -0.2) is 0 Å². The molecule has 2 N–H and O–H groups in total. The summed E-state index contributed by atoms with van der Waals surface area (Å²) in [4.78, 5) is 28.8. The smallest absolute Gasteiger partial charge is 0.252 e. The molecule has 1 saturated heterocycles. The fourth-order valence-corrected chi connectivity index (χ4v) is 4.65. The number of nitrogens with zero attached hydrogens (tertiary/aromatic N) is 4. The molecule has 2 saturated carbocycles. The fraction of sp³-hybridized carbons (Fsp3) is 0.667. The molecule has 4 rings (SSSR count). The topological polar surface area (TPSA) is 92.4 Å². The lowest BCUT2D eigenvalue weighted by Gasteiger charge is -2.37. The molecule has 1 aromatic rings. The minimum atomic E-state index is -0.477. The van der Waals surface area contributed by atoms with Gasteiger partial charge >= 0.3 is 0 Å². The summed E-state index contributed by atoms with van der Waals surface area (Å²) in [5, 5.41) is 8.38. The average molecular weight is 343 g/mol. The van der Waals surface area contributed by atoms with E-state index >= 15 is 0 Å². The van der Waals surface area contributed by atoms with Crippen LogP contribution in [-0.2, 0) is 4.79 Å². The van der Waals surface area contributed by atoms with Crippen molar-refractivity contribution in [3.63, 3.8) is 0 Å². The molecule has 134 valence electrons. The molecule has 0 unspecified atom stereocenters. The summed E-state index contributed by atoms with van der Waals surface area (Å²) in [5.74, 6) is 1.04. The van der Waals surface area contributed by atoms with Gasteiger partial charge in [-0.15, -0.1) is 5.10 Å². The van der Waals surface area contributed by atoms with Crippen molar-refractivity contribution in [1.29, 1.82) is 0 Å². The van der Waals surface area contributed by atoms with Crippen molar-refractivity contribution in [2.24, 2.45) is 17.1 Å². The zero-order chi connectivity index (χ0) is 17.8. The molecule has 3 fully saturated rings. The fourth-order valence-electron chi connectivity index (χ4n) is 4.65. The number of aromatic nitrogens is 2. The van der Waals surface area contributed by atoms with Crippen LogP contribution in [0.3, 0.4) is 0 Å². The number of hydrogen-bond donors (Lipinski definition) is 1. The van der Waals surface area contributed by atoms with Crippen molar-refractivity contribution < 1.29 is 9.59 Å². The Morgan fingerprint density at radius 3 is 2.44 bits per heavy atom. The highest BCUT2D eigenvalue weighted by Crippen LogP contribution is 2.64. The molecule has 2 atom stereocenters. The maximum atomic E-state index is 12.9. The van der Waals surface area contributed by atoms with Gasteiger partial charge < -0.3 is 15.5 Å². The Hall–Kier alpha value is -2.18. The third-order valence-electron chi connectivity index (χ3n) is 6.38. The normalized spacial score (nSPS) is 28.0. The molecule has 7 nitrogen and oxygen atoms in total. The summed E-state index contributed by atoms with van der Waals surface area (Å²) in [6.07, 6.45) is 4.55. The molecule has 2 heterocycles. The Bertz CT molecular complexity index is 741. The van der Waals surface area contributed by atoms with Crippen LogP contribution in [0, 0.1) is 25.2 Å². The van der Waals surface area contributed by atoms with Crippen LogP contribution in [-0.4, -0.2) is 53.1 Å². The molecule has 3 aliphatic rings.